The Labute approximate surface area is 217 Å². The third-order valence-corrected chi connectivity index (χ3v) is 7.11. The number of hydrazone groups is 1. The lowest BCUT2D eigenvalue weighted by molar-refractivity contribution is -0.137. The number of aryl methyl sites for hydroxylation is 1. The molecule has 2 aliphatic rings. The van der Waals surface area contributed by atoms with E-state index >= 15 is 0 Å². The molecule has 0 saturated carbocycles. The summed E-state index contributed by atoms with van der Waals surface area (Å²) in [6, 6.07) is 19.9. The van der Waals surface area contributed by atoms with Gasteiger partial charge in [-0.3, -0.25) is 4.90 Å². The van der Waals surface area contributed by atoms with Crippen LogP contribution in [0.15, 0.2) is 82.3 Å². The van der Waals surface area contributed by atoms with Gasteiger partial charge >= 0.3 is 6.18 Å². The SMILES string of the molecule is Cc1oc(-c2ccccc2C(F)(F)F)nc1N1N=C(c2ccccc2F)CC1N1CCc2ccccc2C1. The summed E-state index contributed by atoms with van der Waals surface area (Å²) in [7, 11) is 0. The van der Waals surface area contributed by atoms with E-state index in [0.29, 0.717) is 35.8 Å². The average molecular weight is 521 g/mol. The number of benzene rings is 3. The molecule has 0 amide bonds. The lowest BCUT2D eigenvalue weighted by atomic mass is 9.98. The minimum absolute atomic E-state index is 0.136. The first kappa shape index (κ1) is 24.4. The summed E-state index contributed by atoms with van der Waals surface area (Å²) in [5.41, 5.74) is 2.46. The number of hydrogen-bond acceptors (Lipinski definition) is 5. The van der Waals surface area contributed by atoms with Crippen LogP contribution < -0.4 is 5.01 Å². The Bertz CT molecular complexity index is 1530. The van der Waals surface area contributed by atoms with Crippen LogP contribution in [0.1, 0.15) is 34.4 Å². The van der Waals surface area contributed by atoms with E-state index in [2.05, 4.69) is 22.0 Å². The molecule has 0 radical (unpaired) electrons. The van der Waals surface area contributed by atoms with E-state index in [1.54, 1.807) is 30.1 Å². The number of rotatable bonds is 4. The molecule has 0 fully saturated rings. The molecule has 4 aromatic rings. The summed E-state index contributed by atoms with van der Waals surface area (Å²) in [6.45, 7) is 3.07. The molecule has 0 spiro atoms. The van der Waals surface area contributed by atoms with Gasteiger partial charge in [0.1, 0.15) is 17.7 Å². The third kappa shape index (κ3) is 4.36. The molecule has 0 N–H and O–H groups in total. The van der Waals surface area contributed by atoms with Crippen molar-refractivity contribution in [2.45, 2.75) is 38.7 Å². The van der Waals surface area contributed by atoms with Crippen molar-refractivity contribution in [2.75, 3.05) is 11.6 Å². The first-order valence-electron chi connectivity index (χ1n) is 12.4. The lowest BCUT2D eigenvalue weighted by Gasteiger charge is -2.36. The lowest BCUT2D eigenvalue weighted by Crippen LogP contribution is -2.46. The van der Waals surface area contributed by atoms with Gasteiger partial charge < -0.3 is 4.42 Å². The van der Waals surface area contributed by atoms with Gasteiger partial charge in [-0.05, 0) is 42.7 Å². The van der Waals surface area contributed by atoms with Crippen molar-refractivity contribution in [3.8, 4) is 11.5 Å². The molecule has 1 atom stereocenters. The highest BCUT2D eigenvalue weighted by Gasteiger charge is 2.39. The molecule has 9 heteroatoms. The van der Waals surface area contributed by atoms with Gasteiger partial charge in [-0.2, -0.15) is 23.3 Å². The second kappa shape index (κ2) is 9.40. The summed E-state index contributed by atoms with van der Waals surface area (Å²) in [5.74, 6) is 0.125. The Kier molecular flexibility index (Phi) is 6.03. The maximum Gasteiger partial charge on any atom is 0.417 e. The largest absolute Gasteiger partial charge is 0.439 e. The predicted molar refractivity (Wildman–Crippen MR) is 136 cm³/mol. The van der Waals surface area contributed by atoms with Gasteiger partial charge in [0.25, 0.3) is 0 Å². The fraction of sp³-hybridized carbons (Fsp3) is 0.241. The van der Waals surface area contributed by atoms with Crippen molar-refractivity contribution in [3.63, 3.8) is 0 Å². The molecule has 194 valence electrons. The molecule has 1 aromatic heterocycles. The van der Waals surface area contributed by atoms with Crippen molar-refractivity contribution < 1.29 is 22.0 Å². The zero-order valence-corrected chi connectivity index (χ0v) is 20.5. The van der Waals surface area contributed by atoms with E-state index in [0.717, 1.165) is 19.0 Å². The quantitative estimate of drug-likeness (QED) is 0.278. The predicted octanol–water partition coefficient (Wildman–Crippen LogP) is 6.81. The van der Waals surface area contributed by atoms with Crippen LogP contribution in [0.3, 0.4) is 0 Å². The zero-order valence-electron chi connectivity index (χ0n) is 20.5. The van der Waals surface area contributed by atoms with E-state index in [1.165, 1.54) is 35.4 Å². The van der Waals surface area contributed by atoms with E-state index in [-0.39, 0.29) is 23.4 Å². The van der Waals surface area contributed by atoms with Crippen LogP contribution in [0.2, 0.25) is 0 Å². The molecule has 1 unspecified atom stereocenters. The minimum Gasteiger partial charge on any atom is -0.439 e. The summed E-state index contributed by atoms with van der Waals surface area (Å²) in [6.07, 6.45) is -3.61. The van der Waals surface area contributed by atoms with Crippen LogP contribution in [0.4, 0.5) is 23.4 Å². The van der Waals surface area contributed by atoms with Gasteiger partial charge in [0, 0.05) is 30.6 Å². The topological polar surface area (TPSA) is 44.9 Å². The minimum atomic E-state index is -4.56. The molecule has 2 aliphatic heterocycles. The van der Waals surface area contributed by atoms with Gasteiger partial charge in [-0.1, -0.05) is 54.6 Å². The molecular formula is C29H24F4N4O. The highest BCUT2D eigenvalue weighted by molar-refractivity contribution is 6.03. The Morgan fingerprint density at radius 2 is 1.58 bits per heavy atom. The highest BCUT2D eigenvalue weighted by Crippen LogP contribution is 2.40. The normalized spacial score (nSPS) is 18.0. The summed E-state index contributed by atoms with van der Waals surface area (Å²) in [5, 5.41) is 6.44. The van der Waals surface area contributed by atoms with E-state index in [1.807, 2.05) is 12.1 Å². The monoisotopic (exact) mass is 520 g/mol. The van der Waals surface area contributed by atoms with Crippen LogP contribution in [-0.2, 0) is 19.1 Å². The average Bonchev–Trinajstić information content (AvgIpc) is 3.52. The first-order chi connectivity index (χ1) is 18.3. The standard InChI is InChI=1S/C29H24F4N4O/c1-18-27(34-28(38-18)21-10-4-6-12-23(21)29(31,32)33)37-26(16-25(35-37)22-11-5-7-13-24(22)30)36-15-14-19-8-2-3-9-20(19)17-36/h2-13,26H,14-17H2,1H3. The summed E-state index contributed by atoms with van der Waals surface area (Å²) in [4.78, 5) is 6.76. The molecule has 3 heterocycles. The molecule has 6 rings (SSSR count). The number of alkyl halides is 3. The van der Waals surface area contributed by atoms with Crippen LogP contribution in [0.25, 0.3) is 11.5 Å². The maximum absolute atomic E-state index is 14.7. The first-order valence-corrected chi connectivity index (χ1v) is 12.4. The van der Waals surface area contributed by atoms with Crippen LogP contribution in [0, 0.1) is 12.7 Å². The Balaban J connectivity index is 1.41. The molecule has 3 aromatic carbocycles. The van der Waals surface area contributed by atoms with Crippen molar-refractivity contribution >= 4 is 11.5 Å². The van der Waals surface area contributed by atoms with Crippen LogP contribution >= 0.6 is 0 Å². The number of aromatic nitrogens is 1. The van der Waals surface area contributed by atoms with Crippen molar-refractivity contribution in [1.82, 2.24) is 9.88 Å². The third-order valence-electron chi connectivity index (χ3n) is 7.11. The van der Waals surface area contributed by atoms with E-state index < -0.39 is 11.7 Å². The second-order valence-corrected chi connectivity index (χ2v) is 9.49. The fourth-order valence-corrected chi connectivity index (χ4v) is 5.23. The van der Waals surface area contributed by atoms with Crippen LogP contribution in [0.5, 0.6) is 0 Å². The maximum atomic E-state index is 14.7. The Morgan fingerprint density at radius 1 is 0.895 bits per heavy atom. The molecule has 0 aliphatic carbocycles. The number of oxazole rings is 1. The Hall–Kier alpha value is -3.98. The zero-order chi connectivity index (χ0) is 26.4. The number of halogens is 4. The summed E-state index contributed by atoms with van der Waals surface area (Å²) < 4.78 is 61.6. The molecule has 0 saturated heterocycles. The van der Waals surface area contributed by atoms with Gasteiger partial charge in [0.15, 0.2) is 5.82 Å². The summed E-state index contributed by atoms with van der Waals surface area (Å²) >= 11 is 0. The van der Waals surface area contributed by atoms with Gasteiger partial charge in [0.05, 0.1) is 11.3 Å². The Morgan fingerprint density at radius 3 is 2.34 bits per heavy atom. The fourth-order valence-electron chi connectivity index (χ4n) is 5.23. The highest BCUT2D eigenvalue weighted by atomic mass is 19.4. The number of hydrogen-bond donors (Lipinski definition) is 0. The number of fused-ring (bicyclic) bond motifs is 1. The molecule has 38 heavy (non-hydrogen) atoms. The molecular weight excluding hydrogens is 496 g/mol. The number of nitrogens with zero attached hydrogens (tertiary/aromatic N) is 4. The van der Waals surface area contributed by atoms with Crippen molar-refractivity contribution in [1.29, 1.82) is 0 Å². The van der Waals surface area contributed by atoms with Gasteiger partial charge in [-0.15, -0.1) is 0 Å². The van der Waals surface area contributed by atoms with Gasteiger partial charge in [0.2, 0.25) is 5.89 Å². The smallest absolute Gasteiger partial charge is 0.417 e. The van der Waals surface area contributed by atoms with Crippen molar-refractivity contribution in [3.05, 3.63) is 107 Å². The number of anilines is 1. The van der Waals surface area contributed by atoms with E-state index in [4.69, 9.17) is 9.52 Å². The van der Waals surface area contributed by atoms with Crippen LogP contribution in [-0.4, -0.2) is 28.3 Å². The van der Waals surface area contributed by atoms with Crippen molar-refractivity contribution in [2.24, 2.45) is 5.10 Å². The second-order valence-electron chi connectivity index (χ2n) is 9.49. The molecule has 0 bridgehead atoms. The van der Waals surface area contributed by atoms with E-state index in [9.17, 15) is 17.6 Å². The van der Waals surface area contributed by atoms with Gasteiger partial charge in [-0.25, -0.2) is 9.40 Å². The molecule has 5 nitrogen and oxygen atoms in total.